The predicted octanol–water partition coefficient (Wildman–Crippen LogP) is 1.64. The number of Topliss-reactive ketones (excluding diaryl/α,β-unsaturated/α-hetero) is 1. The highest BCUT2D eigenvalue weighted by Crippen LogP contribution is 2.39. The lowest BCUT2D eigenvalue weighted by atomic mass is 10.0. The van der Waals surface area contributed by atoms with Gasteiger partial charge in [-0.2, -0.15) is 0 Å². The van der Waals surface area contributed by atoms with E-state index in [9.17, 15) is 14.0 Å². The third-order valence-electron chi connectivity index (χ3n) is 3.16. The molecule has 0 saturated carbocycles. The molecule has 0 fully saturated rings. The summed E-state index contributed by atoms with van der Waals surface area (Å²) in [6, 6.07) is 2.63. The summed E-state index contributed by atoms with van der Waals surface area (Å²) in [6.07, 6.45) is 5.28. The van der Waals surface area contributed by atoms with Crippen molar-refractivity contribution in [3.8, 4) is 18.1 Å². The van der Waals surface area contributed by atoms with Crippen LogP contribution in [0, 0.1) is 18.2 Å². The van der Waals surface area contributed by atoms with Crippen LogP contribution >= 0.6 is 0 Å². The first-order valence-electron chi connectivity index (χ1n) is 6.23. The molecule has 2 rings (SSSR count). The minimum atomic E-state index is -0.414. The monoisotopic (exact) mass is 275 g/mol. The van der Waals surface area contributed by atoms with Gasteiger partial charge in [0.25, 0.3) is 5.91 Å². The fraction of sp³-hybridized carbons (Fsp3) is 0.333. The van der Waals surface area contributed by atoms with Crippen molar-refractivity contribution in [2.75, 3.05) is 13.2 Å². The molecule has 0 heterocycles. The van der Waals surface area contributed by atoms with Crippen LogP contribution < -0.4 is 10.1 Å². The van der Waals surface area contributed by atoms with E-state index in [-0.39, 0.29) is 48.5 Å². The number of ether oxygens (including phenoxy) is 1. The maximum atomic E-state index is 13.8. The number of carbonyl (C=O) groups excluding carboxylic acids is 2. The van der Waals surface area contributed by atoms with Crippen LogP contribution in [0.15, 0.2) is 12.1 Å². The van der Waals surface area contributed by atoms with Crippen molar-refractivity contribution >= 4 is 11.7 Å². The Morgan fingerprint density at radius 3 is 3.05 bits per heavy atom. The zero-order valence-electron chi connectivity index (χ0n) is 11.0. The summed E-state index contributed by atoms with van der Waals surface area (Å²) in [7, 11) is 0. The topological polar surface area (TPSA) is 55.4 Å². The Hall–Kier alpha value is -2.35. The van der Waals surface area contributed by atoms with E-state index in [0.717, 1.165) is 0 Å². The number of ketones is 1. The van der Waals surface area contributed by atoms with Crippen LogP contribution in [0.4, 0.5) is 4.39 Å². The highest BCUT2D eigenvalue weighted by atomic mass is 19.1. The van der Waals surface area contributed by atoms with Gasteiger partial charge in [0.1, 0.15) is 11.6 Å². The summed E-state index contributed by atoms with van der Waals surface area (Å²) in [5.74, 6) is 1.37. The van der Waals surface area contributed by atoms with Gasteiger partial charge in [-0.15, -0.1) is 6.42 Å². The second-order valence-electron chi connectivity index (χ2n) is 4.63. The molecular weight excluding hydrogens is 261 g/mol. The van der Waals surface area contributed by atoms with Crippen molar-refractivity contribution < 1.29 is 18.7 Å². The minimum absolute atomic E-state index is 0.111. The van der Waals surface area contributed by atoms with Crippen LogP contribution in [-0.2, 0) is 4.79 Å². The first-order valence-corrected chi connectivity index (χ1v) is 6.23. The van der Waals surface area contributed by atoms with Gasteiger partial charge in [-0.3, -0.25) is 9.59 Å². The molecule has 0 spiro atoms. The van der Waals surface area contributed by atoms with Crippen molar-refractivity contribution in [3.63, 3.8) is 0 Å². The van der Waals surface area contributed by atoms with Crippen molar-refractivity contribution in [2.24, 2.45) is 0 Å². The molecule has 1 N–H and O–H groups in total. The maximum Gasteiger partial charge on any atom is 0.258 e. The van der Waals surface area contributed by atoms with Crippen molar-refractivity contribution in [2.45, 2.75) is 19.3 Å². The van der Waals surface area contributed by atoms with Gasteiger partial charge >= 0.3 is 0 Å². The van der Waals surface area contributed by atoms with Gasteiger partial charge in [-0.25, -0.2) is 4.39 Å². The number of halogens is 1. The number of amides is 1. The lowest BCUT2D eigenvalue weighted by Crippen LogP contribution is -2.29. The fourth-order valence-electron chi connectivity index (χ4n) is 2.29. The third kappa shape index (κ3) is 2.64. The predicted molar refractivity (Wildman–Crippen MR) is 71.1 cm³/mol. The molecule has 0 radical (unpaired) electrons. The summed E-state index contributed by atoms with van der Waals surface area (Å²) in [6.45, 7) is 1.64. The molecule has 0 aliphatic heterocycles. The van der Waals surface area contributed by atoms with E-state index in [1.165, 1.54) is 12.1 Å². The van der Waals surface area contributed by atoms with Crippen LogP contribution in [0.25, 0.3) is 0 Å². The highest BCUT2D eigenvalue weighted by Gasteiger charge is 2.32. The molecule has 20 heavy (non-hydrogen) atoms. The summed E-state index contributed by atoms with van der Waals surface area (Å²) >= 11 is 0. The van der Waals surface area contributed by atoms with Gasteiger partial charge in [0.05, 0.1) is 12.1 Å². The largest absolute Gasteiger partial charge is 0.483 e. The summed E-state index contributed by atoms with van der Waals surface area (Å²) < 4.78 is 19.1. The Morgan fingerprint density at radius 1 is 1.60 bits per heavy atom. The number of fused-ring (bicyclic) bond motifs is 1. The van der Waals surface area contributed by atoms with Crippen LogP contribution in [0.3, 0.4) is 0 Å². The molecule has 104 valence electrons. The van der Waals surface area contributed by atoms with Crippen molar-refractivity contribution in [1.82, 2.24) is 5.32 Å². The van der Waals surface area contributed by atoms with Crippen molar-refractivity contribution in [3.05, 3.63) is 29.1 Å². The van der Waals surface area contributed by atoms with Gasteiger partial charge in [0, 0.05) is 12.0 Å². The first kappa shape index (κ1) is 14.1. The lowest BCUT2D eigenvalue weighted by molar-refractivity contribution is -0.122. The minimum Gasteiger partial charge on any atom is -0.483 e. The van der Waals surface area contributed by atoms with E-state index in [1.807, 2.05) is 0 Å². The number of hydrogen-bond acceptors (Lipinski definition) is 3. The molecule has 0 bridgehead atoms. The van der Waals surface area contributed by atoms with E-state index < -0.39 is 5.82 Å². The molecule has 1 aliphatic carbocycles. The molecule has 0 saturated heterocycles. The first-order chi connectivity index (χ1) is 9.54. The molecule has 1 aliphatic rings. The average molecular weight is 275 g/mol. The normalized spacial score (nSPS) is 16.4. The van der Waals surface area contributed by atoms with Crippen LogP contribution in [0.5, 0.6) is 5.75 Å². The quantitative estimate of drug-likeness (QED) is 0.850. The van der Waals surface area contributed by atoms with Crippen molar-refractivity contribution in [1.29, 1.82) is 0 Å². The highest BCUT2D eigenvalue weighted by molar-refractivity contribution is 6.03. The average Bonchev–Trinajstić information content (AvgIpc) is 2.72. The Balaban J connectivity index is 2.17. The molecule has 0 aromatic heterocycles. The Kier molecular flexibility index (Phi) is 4.04. The van der Waals surface area contributed by atoms with Crippen LogP contribution in [-0.4, -0.2) is 24.8 Å². The van der Waals surface area contributed by atoms with E-state index >= 15 is 0 Å². The number of hydrogen-bond donors (Lipinski definition) is 1. The van der Waals surface area contributed by atoms with Gasteiger partial charge < -0.3 is 10.1 Å². The summed E-state index contributed by atoms with van der Waals surface area (Å²) in [5.41, 5.74) is 0.624. The molecule has 1 amide bonds. The maximum absolute atomic E-state index is 13.8. The van der Waals surface area contributed by atoms with E-state index in [1.54, 1.807) is 6.92 Å². The molecule has 1 unspecified atom stereocenters. The Labute approximate surface area is 116 Å². The number of terminal acetylenes is 1. The second kappa shape index (κ2) is 5.74. The fourth-order valence-corrected chi connectivity index (χ4v) is 2.29. The molecule has 1 atom stereocenters. The number of benzene rings is 1. The lowest BCUT2D eigenvalue weighted by Gasteiger charge is -2.11. The SMILES string of the molecule is C#CCNC(=O)COc1ccc(F)c2c1C(=O)CC2C. The Bertz CT molecular complexity index is 604. The van der Waals surface area contributed by atoms with E-state index in [4.69, 9.17) is 11.2 Å². The zero-order valence-corrected chi connectivity index (χ0v) is 11.0. The number of carbonyl (C=O) groups is 2. The number of nitrogens with one attached hydrogen (secondary N) is 1. The smallest absolute Gasteiger partial charge is 0.258 e. The summed E-state index contributed by atoms with van der Waals surface area (Å²) in [5, 5.41) is 2.44. The van der Waals surface area contributed by atoms with Gasteiger partial charge in [-0.1, -0.05) is 12.8 Å². The van der Waals surface area contributed by atoms with Crippen LogP contribution in [0.1, 0.15) is 35.2 Å². The number of rotatable bonds is 4. The Morgan fingerprint density at radius 2 is 2.35 bits per heavy atom. The standard InChI is InChI=1S/C15H14FNO3/c1-3-6-17-13(19)8-20-12-5-4-10(16)14-9(2)7-11(18)15(12)14/h1,4-5,9H,6-8H2,2H3,(H,17,19). The molecule has 1 aromatic carbocycles. The van der Waals surface area contributed by atoms with Gasteiger partial charge in [0.2, 0.25) is 0 Å². The second-order valence-corrected chi connectivity index (χ2v) is 4.63. The molecular formula is C15H14FNO3. The molecule has 1 aromatic rings. The molecule has 4 nitrogen and oxygen atoms in total. The zero-order chi connectivity index (χ0) is 14.7. The van der Waals surface area contributed by atoms with Gasteiger partial charge in [-0.05, 0) is 18.1 Å². The van der Waals surface area contributed by atoms with Gasteiger partial charge in [0.15, 0.2) is 12.4 Å². The van der Waals surface area contributed by atoms with Crippen LogP contribution in [0.2, 0.25) is 0 Å². The summed E-state index contributed by atoms with van der Waals surface area (Å²) in [4.78, 5) is 23.3. The van der Waals surface area contributed by atoms with E-state index in [2.05, 4.69) is 11.2 Å². The third-order valence-corrected chi connectivity index (χ3v) is 3.16. The molecule has 5 heteroatoms. The van der Waals surface area contributed by atoms with E-state index in [0.29, 0.717) is 5.56 Å².